The standard InChI is InChI=1S/C14H21N3O3/c1-15-13(18)11(9-10-5-3-2-4-6-10)17-14(19)12-7-8-16-20-12/h7-8,10-11H,2-6,9H2,1H3,(H,15,18)(H,17,19)/t11-/m0/s1. The van der Waals surface area contributed by atoms with Gasteiger partial charge < -0.3 is 15.2 Å². The highest BCUT2D eigenvalue weighted by Crippen LogP contribution is 2.27. The van der Waals surface area contributed by atoms with Gasteiger partial charge in [0.15, 0.2) is 0 Å². The van der Waals surface area contributed by atoms with Crippen LogP contribution in [0.5, 0.6) is 0 Å². The molecule has 6 nitrogen and oxygen atoms in total. The van der Waals surface area contributed by atoms with E-state index in [1.54, 1.807) is 7.05 Å². The Morgan fingerprint density at radius 1 is 1.40 bits per heavy atom. The fourth-order valence-electron chi connectivity index (χ4n) is 2.72. The van der Waals surface area contributed by atoms with Gasteiger partial charge in [-0.05, 0) is 12.3 Å². The minimum absolute atomic E-state index is 0.127. The molecular weight excluding hydrogens is 258 g/mol. The maximum atomic E-state index is 12.0. The number of carbonyl (C=O) groups excluding carboxylic acids is 2. The van der Waals surface area contributed by atoms with Crippen LogP contribution in [0.2, 0.25) is 0 Å². The van der Waals surface area contributed by atoms with Crippen LogP contribution >= 0.6 is 0 Å². The summed E-state index contributed by atoms with van der Waals surface area (Å²) in [6.07, 6.45) is 8.04. The van der Waals surface area contributed by atoms with Crippen molar-refractivity contribution >= 4 is 11.8 Å². The summed E-state index contributed by atoms with van der Waals surface area (Å²) in [6, 6.07) is 0.970. The van der Waals surface area contributed by atoms with E-state index in [2.05, 4.69) is 15.8 Å². The van der Waals surface area contributed by atoms with E-state index in [1.165, 1.54) is 31.5 Å². The Kier molecular flexibility index (Phi) is 5.15. The van der Waals surface area contributed by atoms with E-state index in [-0.39, 0.29) is 11.7 Å². The number of likely N-dealkylation sites (N-methyl/N-ethyl adjacent to an activating group) is 1. The summed E-state index contributed by atoms with van der Waals surface area (Å²) in [6.45, 7) is 0. The minimum atomic E-state index is -0.513. The van der Waals surface area contributed by atoms with Crippen LogP contribution < -0.4 is 10.6 Å². The van der Waals surface area contributed by atoms with Crippen molar-refractivity contribution in [1.82, 2.24) is 15.8 Å². The first-order valence-electron chi connectivity index (χ1n) is 7.14. The molecule has 1 heterocycles. The van der Waals surface area contributed by atoms with E-state index in [9.17, 15) is 9.59 Å². The molecule has 2 rings (SSSR count). The Bertz CT molecular complexity index is 439. The maximum Gasteiger partial charge on any atom is 0.290 e. The molecule has 2 N–H and O–H groups in total. The average molecular weight is 279 g/mol. The molecule has 1 atom stereocenters. The first-order chi connectivity index (χ1) is 9.70. The molecule has 1 aromatic heterocycles. The predicted octanol–water partition coefficient (Wildman–Crippen LogP) is 1.49. The lowest BCUT2D eigenvalue weighted by molar-refractivity contribution is -0.123. The summed E-state index contributed by atoms with van der Waals surface area (Å²) in [4.78, 5) is 23.9. The van der Waals surface area contributed by atoms with Gasteiger partial charge in [-0.2, -0.15) is 0 Å². The van der Waals surface area contributed by atoms with Gasteiger partial charge in [0.25, 0.3) is 5.91 Å². The number of nitrogens with one attached hydrogen (secondary N) is 2. The van der Waals surface area contributed by atoms with Crippen molar-refractivity contribution in [2.24, 2.45) is 5.92 Å². The lowest BCUT2D eigenvalue weighted by Gasteiger charge is -2.26. The van der Waals surface area contributed by atoms with Crippen LogP contribution in [0.4, 0.5) is 0 Å². The van der Waals surface area contributed by atoms with Gasteiger partial charge in [0.05, 0.1) is 6.20 Å². The van der Waals surface area contributed by atoms with Crippen LogP contribution in [0.15, 0.2) is 16.8 Å². The van der Waals surface area contributed by atoms with Gasteiger partial charge in [-0.3, -0.25) is 9.59 Å². The SMILES string of the molecule is CNC(=O)[C@H](CC1CCCCC1)NC(=O)c1ccno1. The number of carbonyl (C=O) groups is 2. The smallest absolute Gasteiger partial charge is 0.290 e. The molecule has 0 aromatic carbocycles. The average Bonchev–Trinajstić information content (AvgIpc) is 3.01. The predicted molar refractivity (Wildman–Crippen MR) is 73.0 cm³/mol. The molecular formula is C14H21N3O3. The quantitative estimate of drug-likeness (QED) is 0.855. The van der Waals surface area contributed by atoms with Gasteiger partial charge in [0, 0.05) is 13.1 Å². The molecule has 0 saturated heterocycles. The first-order valence-corrected chi connectivity index (χ1v) is 7.14. The Labute approximate surface area is 118 Å². The van der Waals surface area contributed by atoms with Crippen LogP contribution in [-0.2, 0) is 4.79 Å². The Balaban J connectivity index is 1.96. The van der Waals surface area contributed by atoms with Crippen molar-refractivity contribution in [3.8, 4) is 0 Å². The summed E-state index contributed by atoms with van der Waals surface area (Å²) in [5.41, 5.74) is 0. The molecule has 1 saturated carbocycles. The summed E-state index contributed by atoms with van der Waals surface area (Å²) in [5.74, 6) is 0.0685. The van der Waals surface area contributed by atoms with Crippen LogP contribution in [0.1, 0.15) is 49.1 Å². The number of hydrogen-bond acceptors (Lipinski definition) is 4. The third kappa shape index (κ3) is 3.82. The van der Waals surface area contributed by atoms with E-state index in [1.807, 2.05) is 0 Å². The molecule has 0 aliphatic heterocycles. The normalized spacial score (nSPS) is 17.4. The third-order valence-corrected chi connectivity index (χ3v) is 3.82. The van der Waals surface area contributed by atoms with Crippen LogP contribution in [0.3, 0.4) is 0 Å². The molecule has 1 fully saturated rings. The highest BCUT2D eigenvalue weighted by atomic mass is 16.5. The second-order valence-corrected chi connectivity index (χ2v) is 5.26. The van der Waals surface area contributed by atoms with Crippen molar-refractivity contribution in [3.63, 3.8) is 0 Å². The number of hydrogen-bond donors (Lipinski definition) is 2. The Morgan fingerprint density at radius 3 is 2.75 bits per heavy atom. The lowest BCUT2D eigenvalue weighted by Crippen LogP contribution is -2.46. The van der Waals surface area contributed by atoms with Crippen molar-refractivity contribution in [2.75, 3.05) is 7.05 Å². The van der Waals surface area contributed by atoms with Crippen molar-refractivity contribution < 1.29 is 14.1 Å². The Morgan fingerprint density at radius 2 is 2.15 bits per heavy atom. The van der Waals surface area contributed by atoms with E-state index in [0.29, 0.717) is 12.3 Å². The zero-order valence-corrected chi connectivity index (χ0v) is 11.7. The zero-order chi connectivity index (χ0) is 14.4. The van der Waals surface area contributed by atoms with Gasteiger partial charge in [0.1, 0.15) is 6.04 Å². The lowest BCUT2D eigenvalue weighted by atomic mass is 9.84. The van der Waals surface area contributed by atoms with E-state index in [0.717, 1.165) is 12.8 Å². The minimum Gasteiger partial charge on any atom is -0.357 e. The largest absolute Gasteiger partial charge is 0.357 e. The highest BCUT2D eigenvalue weighted by Gasteiger charge is 2.26. The van der Waals surface area contributed by atoms with Gasteiger partial charge in [-0.15, -0.1) is 0 Å². The second-order valence-electron chi connectivity index (χ2n) is 5.26. The van der Waals surface area contributed by atoms with Crippen LogP contribution in [-0.4, -0.2) is 30.1 Å². The van der Waals surface area contributed by atoms with Crippen LogP contribution in [0.25, 0.3) is 0 Å². The zero-order valence-electron chi connectivity index (χ0n) is 11.7. The molecule has 6 heteroatoms. The summed E-state index contributed by atoms with van der Waals surface area (Å²) < 4.78 is 4.81. The van der Waals surface area contributed by atoms with Crippen molar-refractivity contribution in [3.05, 3.63) is 18.0 Å². The molecule has 1 aliphatic carbocycles. The molecule has 110 valence electrons. The number of rotatable bonds is 5. The fraction of sp³-hybridized carbons (Fsp3) is 0.643. The second kappa shape index (κ2) is 7.07. The van der Waals surface area contributed by atoms with Gasteiger partial charge in [0.2, 0.25) is 11.7 Å². The third-order valence-electron chi connectivity index (χ3n) is 3.82. The molecule has 0 spiro atoms. The van der Waals surface area contributed by atoms with Crippen LogP contribution in [0, 0.1) is 5.92 Å². The molecule has 20 heavy (non-hydrogen) atoms. The molecule has 0 bridgehead atoms. The number of nitrogens with zero attached hydrogens (tertiary/aromatic N) is 1. The van der Waals surface area contributed by atoms with Crippen molar-refractivity contribution in [1.29, 1.82) is 0 Å². The van der Waals surface area contributed by atoms with Gasteiger partial charge in [-0.25, -0.2) is 0 Å². The summed E-state index contributed by atoms with van der Waals surface area (Å²) in [5, 5.41) is 8.83. The number of aromatic nitrogens is 1. The Hall–Kier alpha value is -1.85. The van der Waals surface area contributed by atoms with E-state index in [4.69, 9.17) is 4.52 Å². The number of amides is 2. The fourth-order valence-corrected chi connectivity index (χ4v) is 2.72. The molecule has 1 aliphatic rings. The van der Waals surface area contributed by atoms with Gasteiger partial charge >= 0.3 is 0 Å². The molecule has 1 aromatic rings. The monoisotopic (exact) mass is 279 g/mol. The van der Waals surface area contributed by atoms with Crippen molar-refractivity contribution in [2.45, 2.75) is 44.6 Å². The molecule has 0 radical (unpaired) electrons. The van der Waals surface area contributed by atoms with E-state index >= 15 is 0 Å². The molecule has 2 amide bonds. The highest BCUT2D eigenvalue weighted by molar-refractivity contribution is 5.95. The topological polar surface area (TPSA) is 84.2 Å². The maximum absolute atomic E-state index is 12.0. The molecule has 0 unspecified atom stereocenters. The summed E-state index contributed by atoms with van der Waals surface area (Å²) >= 11 is 0. The first kappa shape index (κ1) is 14.6. The van der Waals surface area contributed by atoms with Gasteiger partial charge in [-0.1, -0.05) is 37.3 Å². The van der Waals surface area contributed by atoms with E-state index < -0.39 is 11.9 Å². The summed E-state index contributed by atoms with van der Waals surface area (Å²) in [7, 11) is 1.58.